The van der Waals surface area contributed by atoms with Gasteiger partial charge >= 0.3 is 0 Å². The largest absolute Gasteiger partial charge is 0.496 e. The van der Waals surface area contributed by atoms with Gasteiger partial charge in [-0.05, 0) is 55.8 Å². The van der Waals surface area contributed by atoms with Gasteiger partial charge in [-0.15, -0.1) is 0 Å². The highest BCUT2D eigenvalue weighted by Crippen LogP contribution is 2.21. The van der Waals surface area contributed by atoms with E-state index < -0.39 is 0 Å². The fourth-order valence-electron chi connectivity index (χ4n) is 2.20. The molecule has 0 saturated heterocycles. The van der Waals surface area contributed by atoms with Gasteiger partial charge in [-0.1, -0.05) is 6.07 Å². The first-order chi connectivity index (χ1) is 12.0. The summed E-state index contributed by atoms with van der Waals surface area (Å²) < 4.78 is 10.6. The fourth-order valence-corrected chi connectivity index (χ4v) is 2.20. The molecule has 0 heterocycles. The molecule has 0 unspecified atom stereocenters. The van der Waals surface area contributed by atoms with Gasteiger partial charge in [0.05, 0.1) is 7.11 Å². The van der Waals surface area contributed by atoms with Crippen molar-refractivity contribution >= 4 is 17.5 Å². The Hall–Kier alpha value is -3.02. The number of hydrogen-bond donors (Lipinski definition) is 2. The molecule has 0 radical (unpaired) electrons. The number of carbonyl (C=O) groups excluding carboxylic acids is 2. The summed E-state index contributed by atoms with van der Waals surface area (Å²) in [4.78, 5) is 23.7. The smallest absolute Gasteiger partial charge is 0.257 e. The Balaban J connectivity index is 1.96. The maximum Gasteiger partial charge on any atom is 0.257 e. The Kier molecular flexibility index (Phi) is 6.39. The minimum atomic E-state index is -0.228. The van der Waals surface area contributed by atoms with E-state index in [1.54, 1.807) is 43.5 Å². The van der Waals surface area contributed by atoms with E-state index in [9.17, 15) is 9.59 Å². The lowest BCUT2D eigenvalue weighted by Crippen LogP contribution is -2.28. The Morgan fingerprint density at radius 3 is 2.44 bits per heavy atom. The van der Waals surface area contributed by atoms with Crippen LogP contribution in [-0.2, 0) is 4.79 Å². The van der Waals surface area contributed by atoms with Gasteiger partial charge in [0.15, 0.2) is 6.61 Å². The van der Waals surface area contributed by atoms with Crippen LogP contribution in [-0.4, -0.2) is 32.1 Å². The number of methoxy groups -OCH3 is 1. The third-order valence-electron chi connectivity index (χ3n) is 3.53. The first kappa shape index (κ1) is 18.3. The lowest BCUT2D eigenvalue weighted by atomic mass is 10.1. The van der Waals surface area contributed by atoms with Crippen LogP contribution in [0.1, 0.15) is 22.8 Å². The minimum Gasteiger partial charge on any atom is -0.496 e. The monoisotopic (exact) mass is 342 g/mol. The summed E-state index contributed by atoms with van der Waals surface area (Å²) in [5.74, 6) is 0.825. The summed E-state index contributed by atoms with van der Waals surface area (Å²) in [5.41, 5.74) is 2.11. The molecule has 0 aliphatic heterocycles. The van der Waals surface area contributed by atoms with Crippen molar-refractivity contribution in [2.24, 2.45) is 0 Å². The Labute approximate surface area is 147 Å². The maximum atomic E-state index is 12.3. The number of benzene rings is 2. The molecule has 2 amide bonds. The average molecular weight is 342 g/mol. The van der Waals surface area contributed by atoms with Crippen LogP contribution in [0.2, 0.25) is 0 Å². The molecule has 0 aliphatic carbocycles. The van der Waals surface area contributed by atoms with Gasteiger partial charge in [-0.25, -0.2) is 0 Å². The second kappa shape index (κ2) is 8.73. The van der Waals surface area contributed by atoms with Crippen LogP contribution >= 0.6 is 0 Å². The van der Waals surface area contributed by atoms with Crippen molar-refractivity contribution in [3.8, 4) is 11.5 Å². The van der Waals surface area contributed by atoms with Gasteiger partial charge in [-0.3, -0.25) is 9.59 Å². The van der Waals surface area contributed by atoms with E-state index in [-0.39, 0.29) is 18.4 Å². The molecule has 0 atom stereocenters. The quantitative estimate of drug-likeness (QED) is 0.811. The van der Waals surface area contributed by atoms with E-state index >= 15 is 0 Å². The van der Waals surface area contributed by atoms with E-state index in [0.717, 1.165) is 5.56 Å². The number of ether oxygens (including phenoxy) is 2. The van der Waals surface area contributed by atoms with Crippen LogP contribution < -0.4 is 20.1 Å². The van der Waals surface area contributed by atoms with Gasteiger partial charge in [0.1, 0.15) is 11.5 Å². The van der Waals surface area contributed by atoms with Crippen LogP contribution in [0, 0.1) is 6.92 Å². The lowest BCUT2D eigenvalue weighted by molar-refractivity contribution is -0.122. The molecule has 2 rings (SSSR count). The molecule has 6 nitrogen and oxygen atoms in total. The number of anilines is 1. The van der Waals surface area contributed by atoms with Crippen molar-refractivity contribution in [2.45, 2.75) is 13.8 Å². The molecule has 0 fully saturated rings. The second-order valence-corrected chi connectivity index (χ2v) is 5.41. The molecular weight excluding hydrogens is 320 g/mol. The van der Waals surface area contributed by atoms with Crippen LogP contribution in [0.25, 0.3) is 0 Å². The number of likely N-dealkylation sites (N-methyl/N-ethyl adjacent to an activating group) is 1. The van der Waals surface area contributed by atoms with E-state index in [2.05, 4.69) is 10.6 Å². The topological polar surface area (TPSA) is 76.7 Å². The maximum absolute atomic E-state index is 12.3. The zero-order chi connectivity index (χ0) is 18.2. The molecular formula is C19H22N2O4. The van der Waals surface area contributed by atoms with Crippen molar-refractivity contribution < 1.29 is 19.1 Å². The van der Waals surface area contributed by atoms with Crippen LogP contribution in [0.15, 0.2) is 42.5 Å². The molecule has 6 heteroatoms. The molecule has 2 N–H and O–H groups in total. The van der Waals surface area contributed by atoms with Gasteiger partial charge in [0, 0.05) is 17.8 Å². The predicted molar refractivity (Wildman–Crippen MR) is 96.3 cm³/mol. The molecule has 0 saturated carbocycles. The van der Waals surface area contributed by atoms with E-state index in [4.69, 9.17) is 9.47 Å². The average Bonchev–Trinajstić information content (AvgIpc) is 2.61. The SMILES string of the molecule is CCNC(=O)COc1ccc(NC(=O)c2ccc(C)c(OC)c2)cc1. The van der Waals surface area contributed by atoms with E-state index in [0.29, 0.717) is 29.3 Å². The van der Waals surface area contributed by atoms with Gasteiger partial charge < -0.3 is 20.1 Å². The summed E-state index contributed by atoms with van der Waals surface area (Å²) in [7, 11) is 1.57. The normalized spacial score (nSPS) is 10.0. The highest BCUT2D eigenvalue weighted by Gasteiger charge is 2.09. The molecule has 0 bridgehead atoms. The van der Waals surface area contributed by atoms with Crippen LogP contribution in [0.3, 0.4) is 0 Å². The van der Waals surface area contributed by atoms with Crippen molar-refractivity contribution in [1.29, 1.82) is 0 Å². The number of hydrogen-bond acceptors (Lipinski definition) is 4. The second-order valence-electron chi connectivity index (χ2n) is 5.41. The van der Waals surface area contributed by atoms with Crippen molar-refractivity contribution in [1.82, 2.24) is 5.32 Å². The predicted octanol–water partition coefficient (Wildman–Crippen LogP) is 2.77. The first-order valence-corrected chi connectivity index (χ1v) is 7.99. The third kappa shape index (κ3) is 5.24. The summed E-state index contributed by atoms with van der Waals surface area (Å²) in [6, 6.07) is 12.1. The summed E-state index contributed by atoms with van der Waals surface area (Å²) >= 11 is 0. The zero-order valence-electron chi connectivity index (χ0n) is 14.6. The third-order valence-corrected chi connectivity index (χ3v) is 3.53. The summed E-state index contributed by atoms with van der Waals surface area (Å²) in [6.07, 6.45) is 0. The Morgan fingerprint density at radius 2 is 1.80 bits per heavy atom. The molecule has 132 valence electrons. The number of nitrogens with one attached hydrogen (secondary N) is 2. The minimum absolute atomic E-state index is 0.0390. The van der Waals surface area contributed by atoms with Crippen molar-refractivity contribution in [3.05, 3.63) is 53.6 Å². The summed E-state index contributed by atoms with van der Waals surface area (Å²) in [6.45, 7) is 4.29. The number of amides is 2. The van der Waals surface area contributed by atoms with E-state index in [1.807, 2.05) is 19.9 Å². The molecule has 0 spiro atoms. The van der Waals surface area contributed by atoms with Gasteiger partial charge in [0.2, 0.25) is 0 Å². The Bertz CT molecular complexity index is 742. The molecule has 2 aromatic carbocycles. The highest BCUT2D eigenvalue weighted by molar-refractivity contribution is 6.04. The number of aryl methyl sites for hydroxylation is 1. The van der Waals surface area contributed by atoms with Gasteiger partial charge in [-0.2, -0.15) is 0 Å². The molecule has 0 aliphatic rings. The van der Waals surface area contributed by atoms with Gasteiger partial charge in [0.25, 0.3) is 11.8 Å². The fraction of sp³-hybridized carbons (Fsp3) is 0.263. The molecule has 2 aromatic rings. The number of carbonyl (C=O) groups is 2. The van der Waals surface area contributed by atoms with Crippen molar-refractivity contribution in [3.63, 3.8) is 0 Å². The molecule has 25 heavy (non-hydrogen) atoms. The van der Waals surface area contributed by atoms with Crippen LogP contribution in [0.5, 0.6) is 11.5 Å². The molecule has 0 aromatic heterocycles. The van der Waals surface area contributed by atoms with E-state index in [1.165, 1.54) is 0 Å². The highest BCUT2D eigenvalue weighted by atomic mass is 16.5. The standard InChI is InChI=1S/C19H22N2O4/c1-4-20-18(22)12-25-16-9-7-15(8-10-16)21-19(23)14-6-5-13(2)17(11-14)24-3/h5-11H,4,12H2,1-3H3,(H,20,22)(H,21,23). The Morgan fingerprint density at radius 1 is 1.08 bits per heavy atom. The summed E-state index contributed by atoms with van der Waals surface area (Å²) in [5, 5.41) is 5.47. The number of rotatable bonds is 7. The zero-order valence-corrected chi connectivity index (χ0v) is 14.6. The lowest BCUT2D eigenvalue weighted by Gasteiger charge is -2.10. The van der Waals surface area contributed by atoms with Crippen LogP contribution in [0.4, 0.5) is 5.69 Å². The van der Waals surface area contributed by atoms with Crippen molar-refractivity contribution in [2.75, 3.05) is 25.6 Å². The first-order valence-electron chi connectivity index (χ1n) is 7.99.